The number of carbonyl (C=O) groups is 2. The van der Waals surface area contributed by atoms with Crippen molar-refractivity contribution in [3.63, 3.8) is 0 Å². The van der Waals surface area contributed by atoms with E-state index in [4.69, 9.17) is 26.8 Å². The first-order valence-corrected chi connectivity index (χ1v) is 11.8. The van der Waals surface area contributed by atoms with Crippen molar-refractivity contribution in [1.29, 1.82) is 0 Å². The summed E-state index contributed by atoms with van der Waals surface area (Å²) in [6.45, 7) is 4.96. The third-order valence-corrected chi connectivity index (χ3v) is 6.56. The molecule has 3 rings (SSSR count). The largest absolute Gasteiger partial charge is 0.490 e. The monoisotopic (exact) mass is 569 g/mol. The number of nitrogens with zero attached hydrogens (tertiary/aromatic N) is 1. The number of carbonyl (C=O) groups excluding carboxylic acids is 1. The minimum atomic E-state index is -0.982. The molecule has 9 heteroatoms. The number of amides is 1. The first-order valence-electron chi connectivity index (χ1n) is 9.50. The van der Waals surface area contributed by atoms with Gasteiger partial charge in [0.05, 0.1) is 20.6 Å². The normalized spacial score (nSPS) is 14.9. The van der Waals surface area contributed by atoms with Crippen LogP contribution in [0.15, 0.2) is 41.3 Å². The third kappa shape index (κ3) is 5.58. The highest BCUT2D eigenvalue weighted by Gasteiger charge is 2.30. The maximum absolute atomic E-state index is 12.5. The van der Waals surface area contributed by atoms with Crippen molar-refractivity contribution >= 4 is 68.8 Å². The average Bonchev–Trinajstić information content (AvgIpc) is 3.00. The summed E-state index contributed by atoms with van der Waals surface area (Å²) >= 11 is 8.72. The Labute approximate surface area is 203 Å². The molecular formula is C22H20INO5S2. The summed E-state index contributed by atoms with van der Waals surface area (Å²) in [5.74, 6) is 0.0517. The summed E-state index contributed by atoms with van der Waals surface area (Å²) in [6.07, 6.45) is 1.81. The number of ether oxygens (including phenoxy) is 2. The van der Waals surface area contributed by atoms with Crippen LogP contribution in [-0.2, 0) is 11.4 Å². The van der Waals surface area contributed by atoms with Crippen LogP contribution in [0.1, 0.15) is 35.3 Å². The van der Waals surface area contributed by atoms with Crippen molar-refractivity contribution in [2.75, 3.05) is 13.2 Å². The first-order chi connectivity index (χ1) is 14.8. The van der Waals surface area contributed by atoms with E-state index in [0.717, 1.165) is 14.7 Å². The fourth-order valence-corrected chi connectivity index (χ4v) is 5.11. The number of thiocarbonyl (C=S) groups is 1. The van der Waals surface area contributed by atoms with Crippen LogP contribution >= 0.6 is 46.6 Å². The Balaban J connectivity index is 1.86. The molecule has 0 bridgehead atoms. The van der Waals surface area contributed by atoms with Crippen molar-refractivity contribution in [3.8, 4) is 11.5 Å². The topological polar surface area (TPSA) is 76.1 Å². The van der Waals surface area contributed by atoms with E-state index in [-0.39, 0.29) is 18.1 Å². The van der Waals surface area contributed by atoms with Crippen molar-refractivity contribution in [1.82, 2.24) is 4.90 Å². The predicted molar refractivity (Wildman–Crippen MR) is 134 cm³/mol. The van der Waals surface area contributed by atoms with E-state index in [1.807, 2.05) is 32.0 Å². The molecular weight excluding hydrogens is 549 g/mol. The van der Waals surface area contributed by atoms with E-state index in [1.54, 1.807) is 23.1 Å². The maximum atomic E-state index is 12.5. The molecule has 0 spiro atoms. The van der Waals surface area contributed by atoms with E-state index >= 15 is 0 Å². The van der Waals surface area contributed by atoms with Gasteiger partial charge in [-0.3, -0.25) is 9.69 Å². The number of carboxylic acid groups (broad SMARTS) is 1. The summed E-state index contributed by atoms with van der Waals surface area (Å²) in [5, 5.41) is 9.16. The van der Waals surface area contributed by atoms with E-state index < -0.39 is 5.97 Å². The SMILES string of the molecule is CCOc1cc(/C=C2\SC(=S)N(CC)C2=O)cc(I)c1OCc1cccc(C(=O)O)c1. The lowest BCUT2D eigenvalue weighted by Crippen LogP contribution is -2.27. The molecule has 0 unspecified atom stereocenters. The second kappa shape index (κ2) is 10.5. The Bertz CT molecular complexity index is 1070. The van der Waals surface area contributed by atoms with Gasteiger partial charge < -0.3 is 14.6 Å². The van der Waals surface area contributed by atoms with Crippen LogP contribution in [0.5, 0.6) is 11.5 Å². The van der Waals surface area contributed by atoms with Crippen molar-refractivity contribution in [3.05, 3.63) is 61.6 Å². The number of aromatic carboxylic acids is 1. The molecule has 0 saturated carbocycles. The number of hydrogen-bond acceptors (Lipinski definition) is 6. The summed E-state index contributed by atoms with van der Waals surface area (Å²) in [6, 6.07) is 10.4. The fraction of sp³-hybridized carbons (Fsp3) is 0.227. The number of likely N-dealkylation sites (N-methyl/N-ethyl adjacent to an activating group) is 1. The molecule has 1 fully saturated rings. The van der Waals surface area contributed by atoms with Gasteiger partial charge in [0, 0.05) is 6.54 Å². The van der Waals surface area contributed by atoms with Gasteiger partial charge in [-0.05, 0) is 77.9 Å². The summed E-state index contributed by atoms with van der Waals surface area (Å²) in [7, 11) is 0. The Hall–Kier alpha value is -2.11. The third-order valence-electron chi connectivity index (χ3n) is 4.38. The molecule has 0 aliphatic carbocycles. The minimum Gasteiger partial charge on any atom is -0.490 e. The average molecular weight is 569 g/mol. The molecule has 0 radical (unpaired) electrons. The smallest absolute Gasteiger partial charge is 0.335 e. The molecule has 162 valence electrons. The van der Waals surface area contributed by atoms with Crippen LogP contribution in [0.25, 0.3) is 6.08 Å². The lowest BCUT2D eigenvalue weighted by atomic mass is 10.1. The van der Waals surface area contributed by atoms with E-state index in [9.17, 15) is 9.59 Å². The van der Waals surface area contributed by atoms with Gasteiger partial charge in [-0.15, -0.1) is 0 Å². The number of rotatable bonds is 8. The molecule has 0 atom stereocenters. The molecule has 6 nitrogen and oxygen atoms in total. The number of thioether (sulfide) groups is 1. The zero-order valence-corrected chi connectivity index (χ0v) is 20.7. The molecule has 1 aliphatic rings. The van der Waals surface area contributed by atoms with Crippen LogP contribution in [-0.4, -0.2) is 39.4 Å². The van der Waals surface area contributed by atoms with Gasteiger partial charge in [0.25, 0.3) is 5.91 Å². The summed E-state index contributed by atoms with van der Waals surface area (Å²) in [5.41, 5.74) is 1.76. The number of carboxylic acids is 1. The van der Waals surface area contributed by atoms with Crippen molar-refractivity contribution < 1.29 is 24.2 Å². The van der Waals surface area contributed by atoms with Gasteiger partial charge in [0.2, 0.25) is 0 Å². The zero-order chi connectivity index (χ0) is 22.5. The second-order valence-corrected chi connectivity index (χ2v) is 9.32. The number of halogens is 1. The molecule has 0 aromatic heterocycles. The lowest BCUT2D eigenvalue weighted by molar-refractivity contribution is -0.121. The van der Waals surface area contributed by atoms with Crippen LogP contribution in [0, 0.1) is 3.57 Å². The van der Waals surface area contributed by atoms with Gasteiger partial charge in [0.15, 0.2) is 11.5 Å². The van der Waals surface area contributed by atoms with E-state index in [0.29, 0.717) is 33.9 Å². The highest BCUT2D eigenvalue weighted by Crippen LogP contribution is 2.38. The molecule has 1 aliphatic heterocycles. The Morgan fingerprint density at radius 1 is 1.26 bits per heavy atom. The zero-order valence-electron chi connectivity index (χ0n) is 16.9. The van der Waals surface area contributed by atoms with Gasteiger partial charge in [-0.1, -0.05) is 36.1 Å². The van der Waals surface area contributed by atoms with Gasteiger partial charge in [0.1, 0.15) is 10.9 Å². The van der Waals surface area contributed by atoms with E-state index in [1.165, 1.54) is 17.8 Å². The van der Waals surface area contributed by atoms with Crippen LogP contribution in [0.2, 0.25) is 0 Å². The second-order valence-electron chi connectivity index (χ2n) is 6.48. The van der Waals surface area contributed by atoms with Gasteiger partial charge >= 0.3 is 5.97 Å². The molecule has 1 saturated heterocycles. The Kier molecular flexibility index (Phi) is 7.95. The van der Waals surface area contributed by atoms with Crippen LogP contribution in [0.4, 0.5) is 0 Å². The highest BCUT2D eigenvalue weighted by atomic mass is 127. The van der Waals surface area contributed by atoms with Gasteiger partial charge in [-0.2, -0.15) is 0 Å². The van der Waals surface area contributed by atoms with E-state index in [2.05, 4.69) is 22.6 Å². The minimum absolute atomic E-state index is 0.0934. The molecule has 1 N–H and O–H groups in total. The summed E-state index contributed by atoms with van der Waals surface area (Å²) < 4.78 is 13.1. The van der Waals surface area contributed by atoms with Crippen LogP contribution in [0.3, 0.4) is 0 Å². The molecule has 2 aromatic rings. The molecule has 2 aromatic carbocycles. The maximum Gasteiger partial charge on any atom is 0.335 e. The number of hydrogen-bond donors (Lipinski definition) is 1. The van der Waals surface area contributed by atoms with Crippen molar-refractivity contribution in [2.45, 2.75) is 20.5 Å². The van der Waals surface area contributed by atoms with Crippen LogP contribution < -0.4 is 9.47 Å². The van der Waals surface area contributed by atoms with Crippen molar-refractivity contribution in [2.24, 2.45) is 0 Å². The predicted octanol–water partition coefficient (Wildman–Crippen LogP) is 5.19. The lowest BCUT2D eigenvalue weighted by Gasteiger charge is -2.15. The summed E-state index contributed by atoms with van der Waals surface area (Å²) in [4.78, 5) is 25.8. The Morgan fingerprint density at radius 2 is 2.03 bits per heavy atom. The fourth-order valence-electron chi connectivity index (χ4n) is 2.95. The highest BCUT2D eigenvalue weighted by molar-refractivity contribution is 14.1. The molecule has 31 heavy (non-hydrogen) atoms. The standard InChI is InChI=1S/C22H20INO5S2/c1-3-24-20(25)18(31-22(24)30)11-14-9-16(23)19(17(10-14)28-4-2)29-12-13-6-5-7-15(8-13)21(26)27/h5-11H,3-4,12H2,1-2H3,(H,26,27)/b18-11-. The molecule has 1 heterocycles. The van der Waals surface area contributed by atoms with Gasteiger partial charge in [-0.25, -0.2) is 4.79 Å². The number of benzene rings is 2. The Morgan fingerprint density at radius 3 is 2.68 bits per heavy atom. The quantitative estimate of drug-likeness (QED) is 0.267. The first kappa shape index (κ1) is 23.6. The molecule has 1 amide bonds.